The number of ether oxygens (including phenoxy) is 1. The van der Waals surface area contributed by atoms with Crippen molar-refractivity contribution in [2.24, 2.45) is 0 Å². The molecule has 2 rings (SSSR count). The van der Waals surface area contributed by atoms with Crippen LogP contribution in [0, 0.1) is 6.92 Å². The molecule has 22 heavy (non-hydrogen) atoms. The zero-order chi connectivity index (χ0) is 16.5. The van der Waals surface area contributed by atoms with E-state index in [0.717, 1.165) is 5.56 Å². The van der Waals surface area contributed by atoms with Crippen LogP contribution in [-0.4, -0.2) is 44.6 Å². The maximum atomic E-state index is 12.2. The third kappa shape index (κ3) is 3.71. The molecule has 1 N–H and O–H groups in total. The van der Waals surface area contributed by atoms with Crippen LogP contribution in [0.15, 0.2) is 23.1 Å². The smallest absolute Gasteiger partial charge is 0.410 e. The number of amides is 1. The standard InChI is InChI=1S/C14H19ClN2O4S/c1-9(2)17-8-11(21-14(17)18)7-16-22(19,20)12-5-4-10(3)13(15)6-12/h4-6,9,11,16H,7-8H2,1-3H3. The number of sulfonamides is 1. The fourth-order valence-corrected chi connectivity index (χ4v) is 3.43. The Morgan fingerprint density at radius 1 is 1.45 bits per heavy atom. The number of hydrogen-bond donors (Lipinski definition) is 1. The van der Waals surface area contributed by atoms with Crippen molar-refractivity contribution in [3.63, 3.8) is 0 Å². The van der Waals surface area contributed by atoms with E-state index in [1.54, 1.807) is 17.9 Å². The molecule has 0 aromatic heterocycles. The summed E-state index contributed by atoms with van der Waals surface area (Å²) in [6.45, 7) is 5.95. The Bertz CT molecular complexity index is 675. The highest BCUT2D eigenvalue weighted by molar-refractivity contribution is 7.89. The van der Waals surface area contributed by atoms with Gasteiger partial charge in [-0.25, -0.2) is 17.9 Å². The van der Waals surface area contributed by atoms with Crippen molar-refractivity contribution in [3.05, 3.63) is 28.8 Å². The maximum Gasteiger partial charge on any atom is 0.410 e. The lowest BCUT2D eigenvalue weighted by molar-refractivity contribution is 0.130. The summed E-state index contributed by atoms with van der Waals surface area (Å²) < 4.78 is 32.0. The molecule has 0 radical (unpaired) electrons. The van der Waals surface area contributed by atoms with E-state index >= 15 is 0 Å². The number of carbonyl (C=O) groups is 1. The minimum absolute atomic E-state index is 0.0185. The number of aryl methyl sites for hydroxylation is 1. The lowest BCUT2D eigenvalue weighted by Gasteiger charge is -2.16. The molecule has 1 aliphatic rings. The molecule has 0 saturated carbocycles. The number of nitrogens with zero attached hydrogens (tertiary/aromatic N) is 1. The average Bonchev–Trinajstić information content (AvgIpc) is 2.81. The second kappa shape index (κ2) is 6.44. The molecule has 122 valence electrons. The molecule has 8 heteroatoms. The summed E-state index contributed by atoms with van der Waals surface area (Å²) >= 11 is 5.95. The first-order chi connectivity index (χ1) is 10.2. The summed E-state index contributed by atoms with van der Waals surface area (Å²) in [6, 6.07) is 4.56. The molecule has 1 atom stereocenters. The van der Waals surface area contributed by atoms with Gasteiger partial charge in [-0.15, -0.1) is 0 Å². The van der Waals surface area contributed by atoms with Crippen LogP contribution < -0.4 is 4.72 Å². The Balaban J connectivity index is 2.02. The number of halogens is 1. The van der Waals surface area contributed by atoms with E-state index in [9.17, 15) is 13.2 Å². The summed E-state index contributed by atoms with van der Waals surface area (Å²) in [7, 11) is -3.69. The van der Waals surface area contributed by atoms with Gasteiger partial charge < -0.3 is 9.64 Å². The largest absolute Gasteiger partial charge is 0.443 e. The molecular formula is C14H19ClN2O4S. The quantitative estimate of drug-likeness (QED) is 0.886. The van der Waals surface area contributed by atoms with Crippen LogP contribution in [0.25, 0.3) is 0 Å². The van der Waals surface area contributed by atoms with Gasteiger partial charge in [0.25, 0.3) is 0 Å². The Morgan fingerprint density at radius 2 is 2.14 bits per heavy atom. The lowest BCUT2D eigenvalue weighted by atomic mass is 10.2. The summed E-state index contributed by atoms with van der Waals surface area (Å²) in [6.07, 6.45) is -0.914. The zero-order valence-corrected chi connectivity index (χ0v) is 14.2. The van der Waals surface area contributed by atoms with Crippen molar-refractivity contribution >= 4 is 27.7 Å². The molecule has 1 saturated heterocycles. The van der Waals surface area contributed by atoms with Crippen LogP contribution in [0.1, 0.15) is 19.4 Å². The second-order valence-corrected chi connectivity index (χ2v) is 7.69. The molecule has 0 spiro atoms. The number of hydrogen-bond acceptors (Lipinski definition) is 4. The van der Waals surface area contributed by atoms with Crippen molar-refractivity contribution in [2.45, 2.75) is 37.8 Å². The maximum absolute atomic E-state index is 12.2. The molecule has 1 heterocycles. The van der Waals surface area contributed by atoms with Crippen molar-refractivity contribution in [1.82, 2.24) is 9.62 Å². The molecule has 0 aliphatic carbocycles. The van der Waals surface area contributed by atoms with Gasteiger partial charge in [-0.2, -0.15) is 0 Å². The van der Waals surface area contributed by atoms with Crippen LogP contribution >= 0.6 is 11.6 Å². The van der Waals surface area contributed by atoms with Crippen LogP contribution in [0.2, 0.25) is 5.02 Å². The molecule has 1 fully saturated rings. The van der Waals surface area contributed by atoms with Gasteiger partial charge in [0.2, 0.25) is 10.0 Å². The third-order valence-corrected chi connectivity index (χ3v) is 5.31. The first-order valence-electron chi connectivity index (χ1n) is 6.94. The molecule has 1 aliphatic heterocycles. The topological polar surface area (TPSA) is 75.7 Å². The van der Waals surface area contributed by atoms with E-state index in [1.807, 2.05) is 13.8 Å². The predicted molar refractivity (Wildman–Crippen MR) is 83.5 cm³/mol. The summed E-state index contributed by atoms with van der Waals surface area (Å²) in [5.41, 5.74) is 0.804. The molecule has 6 nitrogen and oxygen atoms in total. The minimum Gasteiger partial charge on any atom is -0.443 e. The van der Waals surface area contributed by atoms with Gasteiger partial charge in [0.1, 0.15) is 6.10 Å². The van der Waals surface area contributed by atoms with Crippen molar-refractivity contribution in [2.75, 3.05) is 13.1 Å². The first-order valence-corrected chi connectivity index (χ1v) is 8.80. The summed E-state index contributed by atoms with van der Waals surface area (Å²) in [5.74, 6) is 0. The molecule has 1 amide bonds. The van der Waals surface area contributed by atoms with E-state index in [2.05, 4.69) is 4.72 Å². The van der Waals surface area contributed by atoms with Gasteiger partial charge >= 0.3 is 6.09 Å². The molecule has 0 bridgehead atoms. The van der Waals surface area contributed by atoms with Gasteiger partial charge in [0.15, 0.2) is 0 Å². The van der Waals surface area contributed by atoms with Gasteiger partial charge in [-0.3, -0.25) is 0 Å². The molecule has 1 aromatic rings. The average molecular weight is 347 g/mol. The highest BCUT2D eigenvalue weighted by Gasteiger charge is 2.33. The van der Waals surface area contributed by atoms with Gasteiger partial charge in [0.05, 0.1) is 11.4 Å². The number of cyclic esters (lactones) is 1. The highest BCUT2D eigenvalue weighted by atomic mass is 35.5. The zero-order valence-electron chi connectivity index (χ0n) is 12.7. The number of carbonyl (C=O) groups excluding carboxylic acids is 1. The van der Waals surface area contributed by atoms with E-state index in [1.165, 1.54) is 12.1 Å². The fraction of sp³-hybridized carbons (Fsp3) is 0.500. The number of benzene rings is 1. The minimum atomic E-state index is -3.69. The van der Waals surface area contributed by atoms with Gasteiger partial charge in [-0.05, 0) is 38.5 Å². The van der Waals surface area contributed by atoms with Crippen LogP contribution in [0.3, 0.4) is 0 Å². The number of nitrogens with one attached hydrogen (secondary N) is 1. The Kier molecular flexibility index (Phi) is 4.99. The van der Waals surface area contributed by atoms with Crippen molar-refractivity contribution in [3.8, 4) is 0 Å². The highest BCUT2D eigenvalue weighted by Crippen LogP contribution is 2.20. The van der Waals surface area contributed by atoms with E-state index in [0.29, 0.717) is 11.6 Å². The molecular weight excluding hydrogens is 328 g/mol. The van der Waals surface area contributed by atoms with Gasteiger partial charge in [0, 0.05) is 17.6 Å². The first kappa shape index (κ1) is 17.1. The molecule has 1 aromatic carbocycles. The van der Waals surface area contributed by atoms with E-state index in [-0.39, 0.29) is 17.5 Å². The Morgan fingerprint density at radius 3 is 2.68 bits per heavy atom. The Hall–Kier alpha value is -1.31. The van der Waals surface area contributed by atoms with Gasteiger partial charge in [-0.1, -0.05) is 17.7 Å². The van der Waals surface area contributed by atoms with E-state index in [4.69, 9.17) is 16.3 Å². The summed E-state index contributed by atoms with van der Waals surface area (Å²) in [4.78, 5) is 13.3. The van der Waals surface area contributed by atoms with Crippen molar-refractivity contribution < 1.29 is 17.9 Å². The van der Waals surface area contributed by atoms with E-state index < -0.39 is 22.2 Å². The monoisotopic (exact) mass is 346 g/mol. The number of rotatable bonds is 5. The molecule has 1 unspecified atom stereocenters. The van der Waals surface area contributed by atoms with Crippen molar-refractivity contribution in [1.29, 1.82) is 0 Å². The van der Waals surface area contributed by atoms with Crippen LogP contribution in [0.5, 0.6) is 0 Å². The summed E-state index contributed by atoms with van der Waals surface area (Å²) in [5, 5.41) is 0.390. The Labute approximate surface area is 135 Å². The SMILES string of the molecule is Cc1ccc(S(=O)(=O)NCC2CN(C(C)C)C(=O)O2)cc1Cl. The van der Waals surface area contributed by atoms with Crippen LogP contribution in [0.4, 0.5) is 4.79 Å². The fourth-order valence-electron chi connectivity index (χ4n) is 2.10. The van der Waals surface area contributed by atoms with Crippen LogP contribution in [-0.2, 0) is 14.8 Å². The normalized spacial score (nSPS) is 18.9. The lowest BCUT2D eigenvalue weighted by Crippen LogP contribution is -2.36. The predicted octanol–water partition coefficient (Wildman–Crippen LogP) is 2.16. The second-order valence-electron chi connectivity index (χ2n) is 5.51. The third-order valence-electron chi connectivity index (χ3n) is 3.48.